The summed E-state index contributed by atoms with van der Waals surface area (Å²) in [6, 6.07) is -0.362. The van der Waals surface area contributed by atoms with Gasteiger partial charge >= 0.3 is 17.9 Å². The molecule has 0 saturated heterocycles. The third-order valence-electron chi connectivity index (χ3n) is 2.14. The maximum Gasteiger partial charge on any atom is 0.597 e. The molecule has 2 unspecified atom stereocenters. The number of hydrogen-bond donors (Lipinski definition) is 1. The molecule has 0 spiro atoms. The Labute approximate surface area is 128 Å². The second-order valence-electron chi connectivity index (χ2n) is 3.81. The Morgan fingerprint density at radius 3 is 1.43 bits per heavy atom. The van der Waals surface area contributed by atoms with Crippen molar-refractivity contribution in [3.8, 4) is 0 Å². The normalized spacial score (nSPS) is 16.3. The molecule has 23 heavy (non-hydrogen) atoms. The lowest BCUT2D eigenvalue weighted by Crippen LogP contribution is -2.40. The zero-order chi connectivity index (χ0) is 18.2. The molecule has 0 aliphatic rings. The highest BCUT2D eigenvalue weighted by Gasteiger charge is 2.49. The van der Waals surface area contributed by atoms with E-state index in [1.807, 2.05) is 0 Å². The standard InChI is InChI=1S/C9H4F9NO2S2/c10-7(11,12)4-1-5(8(13,14)15)3-6(2-4)22(20)19-23(21)9(16,17)18/h1-3,19H. The van der Waals surface area contributed by atoms with Crippen molar-refractivity contribution in [1.82, 2.24) is 4.13 Å². The Morgan fingerprint density at radius 2 is 1.13 bits per heavy atom. The third kappa shape index (κ3) is 5.63. The van der Waals surface area contributed by atoms with Crippen LogP contribution in [0.25, 0.3) is 0 Å². The molecule has 0 radical (unpaired) electrons. The van der Waals surface area contributed by atoms with Crippen molar-refractivity contribution in [3.05, 3.63) is 29.3 Å². The Hall–Kier alpha value is -0.830. The van der Waals surface area contributed by atoms with E-state index in [2.05, 4.69) is 0 Å². The second kappa shape index (κ2) is 6.58. The van der Waals surface area contributed by atoms with Crippen LogP contribution < -0.4 is 4.13 Å². The summed E-state index contributed by atoms with van der Waals surface area (Å²) < 4.78 is 134. The minimum absolute atomic E-state index is 0.0358. The first-order chi connectivity index (χ1) is 10.1. The lowest BCUT2D eigenvalue weighted by atomic mass is 10.1. The summed E-state index contributed by atoms with van der Waals surface area (Å²) in [5.41, 5.74) is -9.13. The zero-order valence-electron chi connectivity index (χ0n) is 10.3. The molecule has 1 rings (SSSR count). The molecule has 2 atom stereocenters. The summed E-state index contributed by atoms with van der Waals surface area (Å²) in [4.78, 5) is -1.26. The van der Waals surface area contributed by atoms with Crippen molar-refractivity contribution in [2.45, 2.75) is 22.8 Å². The van der Waals surface area contributed by atoms with Crippen LogP contribution in [0.5, 0.6) is 0 Å². The van der Waals surface area contributed by atoms with E-state index >= 15 is 0 Å². The molecule has 1 N–H and O–H groups in total. The van der Waals surface area contributed by atoms with Gasteiger partial charge in [-0.1, -0.05) is 0 Å². The maximum atomic E-state index is 12.5. The zero-order valence-corrected chi connectivity index (χ0v) is 11.9. The first kappa shape index (κ1) is 20.2. The average Bonchev–Trinajstić information content (AvgIpc) is 2.34. The number of rotatable bonds is 3. The van der Waals surface area contributed by atoms with Crippen LogP contribution in [0.15, 0.2) is 23.1 Å². The van der Waals surface area contributed by atoms with Crippen LogP contribution in [-0.2, 0) is 35.1 Å². The van der Waals surface area contributed by atoms with Gasteiger partial charge in [-0.25, -0.2) is 0 Å². The molecule has 0 fully saturated rings. The molecule has 3 nitrogen and oxygen atoms in total. The van der Waals surface area contributed by atoms with Gasteiger partial charge in [0.05, 0.1) is 15.3 Å². The Bertz CT molecular complexity index is 525. The molecule has 1 aromatic rings. The monoisotopic (exact) mass is 393 g/mol. The molecular weight excluding hydrogens is 389 g/mol. The van der Waals surface area contributed by atoms with Crippen LogP contribution in [0.1, 0.15) is 11.1 Å². The van der Waals surface area contributed by atoms with Gasteiger partial charge in [-0.2, -0.15) is 26.3 Å². The molecule has 0 aliphatic heterocycles. The van der Waals surface area contributed by atoms with E-state index in [9.17, 15) is 48.6 Å². The lowest BCUT2D eigenvalue weighted by Gasteiger charge is -2.17. The number of benzene rings is 1. The fourth-order valence-corrected chi connectivity index (χ4v) is 2.98. The van der Waals surface area contributed by atoms with Gasteiger partial charge in [0, 0.05) is 12.1 Å². The van der Waals surface area contributed by atoms with E-state index in [4.69, 9.17) is 0 Å². The van der Waals surface area contributed by atoms with E-state index in [0.717, 1.165) is 4.13 Å². The smallest absolute Gasteiger partial charge is 0.590 e. The minimum atomic E-state index is -5.40. The van der Waals surface area contributed by atoms with Crippen molar-refractivity contribution >= 4 is 22.7 Å². The third-order valence-corrected chi connectivity index (χ3v) is 4.43. The summed E-state index contributed by atoms with van der Waals surface area (Å²) in [5.74, 6) is 0. The fraction of sp³-hybridized carbons (Fsp3) is 0.333. The average molecular weight is 393 g/mol. The maximum absolute atomic E-state index is 12.5. The van der Waals surface area contributed by atoms with E-state index < -0.39 is 56.6 Å². The number of halogens is 9. The van der Waals surface area contributed by atoms with Crippen molar-refractivity contribution < 1.29 is 48.6 Å². The van der Waals surface area contributed by atoms with E-state index in [0.29, 0.717) is 0 Å². The van der Waals surface area contributed by atoms with Crippen LogP contribution in [0.3, 0.4) is 0 Å². The van der Waals surface area contributed by atoms with Gasteiger partial charge in [0.25, 0.3) is 0 Å². The number of hydrogen-bond acceptors (Lipinski definition) is 3. The van der Waals surface area contributed by atoms with Gasteiger partial charge in [0.1, 0.15) is 11.4 Å². The summed E-state index contributed by atoms with van der Waals surface area (Å²) in [6.45, 7) is 0. The van der Waals surface area contributed by atoms with Gasteiger partial charge < -0.3 is 9.11 Å². The first-order valence-corrected chi connectivity index (χ1v) is 7.38. The van der Waals surface area contributed by atoms with Crippen LogP contribution in [-0.4, -0.2) is 14.6 Å². The van der Waals surface area contributed by atoms with Crippen LogP contribution in [0.4, 0.5) is 39.5 Å². The predicted octanol–water partition coefficient (Wildman–Crippen LogP) is 3.52. The van der Waals surface area contributed by atoms with E-state index in [-0.39, 0.29) is 18.2 Å². The number of nitrogens with one attached hydrogen (secondary N) is 1. The minimum Gasteiger partial charge on any atom is -0.590 e. The molecule has 1 aromatic carbocycles. The Morgan fingerprint density at radius 1 is 0.739 bits per heavy atom. The summed E-state index contributed by atoms with van der Waals surface area (Å²) in [7, 11) is 0. The molecular formula is C9H4F9NO2S2. The lowest BCUT2D eigenvalue weighted by molar-refractivity contribution is -0.143. The molecule has 0 heterocycles. The van der Waals surface area contributed by atoms with Crippen LogP contribution >= 0.6 is 0 Å². The van der Waals surface area contributed by atoms with Crippen LogP contribution in [0.2, 0.25) is 0 Å². The van der Waals surface area contributed by atoms with E-state index in [1.54, 1.807) is 0 Å². The molecule has 14 heteroatoms. The fourth-order valence-electron chi connectivity index (χ4n) is 1.20. The molecule has 132 valence electrons. The highest BCUT2D eigenvalue weighted by Crippen LogP contribution is 2.37. The summed E-state index contributed by atoms with van der Waals surface area (Å²) >= 11 is -7.16. The molecule has 0 amide bonds. The summed E-state index contributed by atoms with van der Waals surface area (Å²) in [6.07, 6.45) is -10.5. The van der Waals surface area contributed by atoms with Crippen molar-refractivity contribution in [3.63, 3.8) is 0 Å². The van der Waals surface area contributed by atoms with E-state index in [1.165, 1.54) is 0 Å². The van der Waals surface area contributed by atoms with Gasteiger partial charge in [-0.3, -0.25) is 0 Å². The highest BCUT2D eigenvalue weighted by atomic mass is 32.3. The van der Waals surface area contributed by atoms with Gasteiger partial charge in [-0.05, 0) is 6.07 Å². The quantitative estimate of drug-likeness (QED) is 0.632. The first-order valence-electron chi connectivity index (χ1n) is 5.08. The van der Waals surface area contributed by atoms with Crippen LogP contribution in [0, 0.1) is 0 Å². The Balaban J connectivity index is 3.25. The van der Waals surface area contributed by atoms with Crippen molar-refractivity contribution in [1.29, 1.82) is 0 Å². The molecule has 0 saturated carbocycles. The van der Waals surface area contributed by atoms with Crippen molar-refractivity contribution in [2.75, 3.05) is 0 Å². The number of alkyl halides is 9. The Kier molecular flexibility index (Phi) is 5.79. The molecule has 0 aromatic heterocycles. The summed E-state index contributed by atoms with van der Waals surface area (Å²) in [5, 5.41) is 0. The SMILES string of the molecule is [O-][S+](N[S+]([O-])C(F)(F)F)c1cc(C(F)(F)F)cc(C(F)(F)F)c1. The topological polar surface area (TPSA) is 58.1 Å². The van der Waals surface area contributed by atoms with Gasteiger partial charge in [0.2, 0.25) is 11.4 Å². The molecule has 0 aliphatic carbocycles. The largest absolute Gasteiger partial charge is 0.597 e. The van der Waals surface area contributed by atoms with Gasteiger partial charge in [-0.15, -0.1) is 13.2 Å². The predicted molar refractivity (Wildman–Crippen MR) is 60.2 cm³/mol. The van der Waals surface area contributed by atoms with Gasteiger partial charge in [0.15, 0.2) is 4.90 Å². The molecule has 0 bridgehead atoms. The second-order valence-corrected chi connectivity index (χ2v) is 6.48. The van der Waals surface area contributed by atoms with Crippen molar-refractivity contribution in [2.24, 2.45) is 0 Å². The highest BCUT2D eigenvalue weighted by molar-refractivity contribution is 8.05.